The largest absolute Gasteiger partial charge is 0.0848 e. The van der Waals surface area contributed by atoms with Gasteiger partial charge in [0.25, 0.3) is 0 Å². The first kappa shape index (κ1) is 11.8. The van der Waals surface area contributed by atoms with Gasteiger partial charge in [0, 0.05) is 0 Å². The maximum absolute atomic E-state index is 2.65. The minimum absolute atomic E-state index is 0.646. The predicted octanol–water partition coefficient (Wildman–Crippen LogP) is 5.34. The minimum Gasteiger partial charge on any atom is -0.0848 e. The SMILES string of the molecule is CCCC1CC2(C1)CC2(C=CC1CCC1)CC. The second-order valence-corrected chi connectivity index (χ2v) is 7.08. The lowest BCUT2D eigenvalue weighted by molar-refractivity contribution is 0.119. The fourth-order valence-electron chi connectivity index (χ4n) is 4.57. The molecule has 0 heteroatoms. The van der Waals surface area contributed by atoms with Gasteiger partial charge in [0.1, 0.15) is 0 Å². The van der Waals surface area contributed by atoms with Crippen molar-refractivity contribution in [1.29, 1.82) is 0 Å². The van der Waals surface area contributed by atoms with Crippen molar-refractivity contribution in [2.45, 2.75) is 71.6 Å². The standard InChI is InChI=1S/C17H28/c1-3-6-15-11-17(12-15)13-16(17,4-2)10-9-14-7-5-8-14/h9-10,14-15H,3-8,11-13H2,1-2H3. The van der Waals surface area contributed by atoms with Gasteiger partial charge in [-0.05, 0) is 61.2 Å². The Morgan fingerprint density at radius 1 is 1.18 bits per heavy atom. The van der Waals surface area contributed by atoms with E-state index in [0.29, 0.717) is 5.41 Å². The molecule has 0 aromatic rings. The molecule has 3 aliphatic carbocycles. The number of rotatable bonds is 5. The highest BCUT2D eigenvalue weighted by Gasteiger charge is 2.69. The summed E-state index contributed by atoms with van der Waals surface area (Å²) in [4.78, 5) is 0. The Kier molecular flexibility index (Phi) is 2.88. The van der Waals surface area contributed by atoms with Crippen molar-refractivity contribution in [2.24, 2.45) is 22.7 Å². The molecule has 0 bridgehead atoms. The van der Waals surface area contributed by atoms with Crippen molar-refractivity contribution in [3.63, 3.8) is 0 Å². The molecule has 0 N–H and O–H groups in total. The summed E-state index contributed by atoms with van der Waals surface area (Å²) in [7, 11) is 0. The molecular weight excluding hydrogens is 204 g/mol. The van der Waals surface area contributed by atoms with Gasteiger partial charge in [0.2, 0.25) is 0 Å². The van der Waals surface area contributed by atoms with Crippen LogP contribution in [0.15, 0.2) is 12.2 Å². The highest BCUT2D eigenvalue weighted by Crippen LogP contribution is 2.78. The van der Waals surface area contributed by atoms with E-state index in [4.69, 9.17) is 0 Å². The van der Waals surface area contributed by atoms with Crippen LogP contribution in [0.1, 0.15) is 71.6 Å². The molecule has 96 valence electrons. The van der Waals surface area contributed by atoms with Gasteiger partial charge in [0.05, 0.1) is 0 Å². The molecule has 0 saturated heterocycles. The van der Waals surface area contributed by atoms with Gasteiger partial charge in [-0.3, -0.25) is 0 Å². The van der Waals surface area contributed by atoms with E-state index >= 15 is 0 Å². The second kappa shape index (κ2) is 4.14. The van der Waals surface area contributed by atoms with Crippen molar-refractivity contribution < 1.29 is 0 Å². The average molecular weight is 232 g/mol. The Hall–Kier alpha value is -0.260. The summed E-state index contributed by atoms with van der Waals surface area (Å²) in [6, 6.07) is 0. The summed E-state index contributed by atoms with van der Waals surface area (Å²) >= 11 is 0. The summed E-state index contributed by atoms with van der Waals surface area (Å²) < 4.78 is 0. The lowest BCUT2D eigenvalue weighted by Gasteiger charge is -2.40. The maximum Gasteiger partial charge on any atom is -0.00582 e. The summed E-state index contributed by atoms with van der Waals surface area (Å²) in [5, 5.41) is 0. The average Bonchev–Trinajstić information content (AvgIpc) is 2.86. The smallest absolute Gasteiger partial charge is 0.00582 e. The van der Waals surface area contributed by atoms with Gasteiger partial charge in [-0.25, -0.2) is 0 Å². The van der Waals surface area contributed by atoms with Crippen molar-refractivity contribution >= 4 is 0 Å². The van der Waals surface area contributed by atoms with Crippen molar-refractivity contribution in [1.82, 2.24) is 0 Å². The number of allylic oxidation sites excluding steroid dienone is 2. The molecule has 0 amide bonds. The minimum atomic E-state index is 0.646. The monoisotopic (exact) mass is 232 g/mol. The molecule has 1 spiro atoms. The Morgan fingerprint density at radius 2 is 1.94 bits per heavy atom. The molecule has 0 radical (unpaired) electrons. The first-order chi connectivity index (χ1) is 8.24. The van der Waals surface area contributed by atoms with E-state index in [2.05, 4.69) is 26.0 Å². The Labute approximate surface area is 107 Å². The van der Waals surface area contributed by atoms with Gasteiger partial charge in [-0.1, -0.05) is 45.3 Å². The summed E-state index contributed by atoms with van der Waals surface area (Å²) in [5.41, 5.74) is 1.43. The van der Waals surface area contributed by atoms with Crippen LogP contribution >= 0.6 is 0 Å². The van der Waals surface area contributed by atoms with Gasteiger partial charge in [-0.15, -0.1) is 0 Å². The molecule has 17 heavy (non-hydrogen) atoms. The number of hydrogen-bond donors (Lipinski definition) is 0. The zero-order chi connectivity index (χ0) is 11.9. The van der Waals surface area contributed by atoms with Crippen LogP contribution in [-0.4, -0.2) is 0 Å². The molecule has 0 nitrogen and oxygen atoms in total. The van der Waals surface area contributed by atoms with E-state index in [1.165, 1.54) is 44.9 Å². The molecule has 3 fully saturated rings. The molecule has 3 saturated carbocycles. The summed E-state index contributed by atoms with van der Waals surface area (Å²) in [5.74, 6) is 2.02. The highest BCUT2D eigenvalue weighted by molar-refractivity contribution is 5.27. The normalized spacial score (nSPS) is 44.9. The predicted molar refractivity (Wildman–Crippen MR) is 73.9 cm³/mol. The summed E-state index contributed by atoms with van der Waals surface area (Å²) in [6.07, 6.45) is 18.5. The first-order valence-electron chi connectivity index (χ1n) is 7.93. The molecule has 3 rings (SSSR count). The maximum atomic E-state index is 2.65. The quantitative estimate of drug-likeness (QED) is 0.561. The van der Waals surface area contributed by atoms with E-state index in [-0.39, 0.29) is 0 Å². The second-order valence-electron chi connectivity index (χ2n) is 7.08. The molecule has 1 atom stereocenters. The molecule has 0 aromatic heterocycles. The van der Waals surface area contributed by atoms with Crippen molar-refractivity contribution in [3.8, 4) is 0 Å². The summed E-state index contributed by atoms with van der Waals surface area (Å²) in [6.45, 7) is 4.74. The Morgan fingerprint density at radius 3 is 2.47 bits per heavy atom. The van der Waals surface area contributed by atoms with Gasteiger partial charge < -0.3 is 0 Å². The molecule has 1 unspecified atom stereocenters. The Bertz CT molecular complexity index is 304. The van der Waals surface area contributed by atoms with Crippen LogP contribution in [-0.2, 0) is 0 Å². The molecule has 3 aliphatic rings. The lowest BCUT2D eigenvalue weighted by Crippen LogP contribution is -2.30. The third-order valence-corrected chi connectivity index (χ3v) is 6.11. The lowest BCUT2D eigenvalue weighted by atomic mass is 9.65. The molecular formula is C17H28. The molecule has 0 aromatic carbocycles. The molecule has 0 heterocycles. The highest BCUT2D eigenvalue weighted by atomic mass is 14.7. The van der Waals surface area contributed by atoms with E-state index in [0.717, 1.165) is 17.3 Å². The van der Waals surface area contributed by atoms with Crippen LogP contribution < -0.4 is 0 Å². The first-order valence-corrected chi connectivity index (χ1v) is 7.93. The third-order valence-electron chi connectivity index (χ3n) is 6.11. The van der Waals surface area contributed by atoms with E-state index in [1.54, 1.807) is 12.8 Å². The van der Waals surface area contributed by atoms with Crippen LogP contribution in [0.5, 0.6) is 0 Å². The third kappa shape index (κ3) is 1.79. The van der Waals surface area contributed by atoms with Gasteiger partial charge in [-0.2, -0.15) is 0 Å². The van der Waals surface area contributed by atoms with Crippen molar-refractivity contribution in [2.75, 3.05) is 0 Å². The zero-order valence-corrected chi connectivity index (χ0v) is 11.7. The fraction of sp³-hybridized carbons (Fsp3) is 0.882. The van der Waals surface area contributed by atoms with E-state index in [1.807, 2.05) is 0 Å². The zero-order valence-electron chi connectivity index (χ0n) is 11.7. The van der Waals surface area contributed by atoms with Crippen LogP contribution in [0.2, 0.25) is 0 Å². The van der Waals surface area contributed by atoms with E-state index in [9.17, 15) is 0 Å². The van der Waals surface area contributed by atoms with Crippen molar-refractivity contribution in [3.05, 3.63) is 12.2 Å². The van der Waals surface area contributed by atoms with E-state index < -0.39 is 0 Å². The van der Waals surface area contributed by atoms with Crippen LogP contribution in [0.4, 0.5) is 0 Å². The van der Waals surface area contributed by atoms with Gasteiger partial charge in [0.15, 0.2) is 0 Å². The molecule has 0 aliphatic heterocycles. The van der Waals surface area contributed by atoms with Crippen LogP contribution in [0.3, 0.4) is 0 Å². The Balaban J connectivity index is 1.57. The topological polar surface area (TPSA) is 0 Å². The number of hydrogen-bond acceptors (Lipinski definition) is 0. The van der Waals surface area contributed by atoms with Crippen LogP contribution in [0, 0.1) is 22.7 Å². The fourth-order valence-corrected chi connectivity index (χ4v) is 4.57. The van der Waals surface area contributed by atoms with Gasteiger partial charge >= 0.3 is 0 Å². The van der Waals surface area contributed by atoms with Crippen LogP contribution in [0.25, 0.3) is 0 Å².